The fourth-order valence-electron chi connectivity index (χ4n) is 1.33. The van der Waals surface area contributed by atoms with Crippen molar-refractivity contribution < 1.29 is 9.90 Å². The molecule has 1 rings (SSSR count). The lowest BCUT2D eigenvalue weighted by Crippen LogP contribution is -2.30. The minimum Gasteiger partial charge on any atom is -0.395 e. The quantitative estimate of drug-likeness (QED) is 0.904. The molecule has 0 bridgehead atoms. The van der Waals surface area contributed by atoms with Gasteiger partial charge in [-0.1, -0.05) is 29.3 Å². The third-order valence-corrected chi connectivity index (χ3v) is 2.91. The number of amides is 1. The molecule has 0 saturated heterocycles. The Morgan fingerprint density at radius 2 is 2.06 bits per heavy atom. The highest BCUT2D eigenvalue weighted by Crippen LogP contribution is 2.23. The smallest absolute Gasteiger partial charge is 0.219 e. The van der Waals surface area contributed by atoms with E-state index in [9.17, 15) is 4.79 Å². The molecule has 3 nitrogen and oxygen atoms in total. The summed E-state index contributed by atoms with van der Waals surface area (Å²) in [5.74, 6) is -0.0832. The first kappa shape index (κ1) is 13.3. The molecule has 1 N–H and O–H groups in total. The highest BCUT2D eigenvalue weighted by Gasteiger charge is 2.09. The molecule has 16 heavy (non-hydrogen) atoms. The number of hydrogen-bond donors (Lipinski definition) is 1. The number of hydrogen-bond acceptors (Lipinski definition) is 2. The lowest BCUT2D eigenvalue weighted by molar-refractivity contribution is -0.129. The molecule has 0 radical (unpaired) electrons. The summed E-state index contributed by atoms with van der Waals surface area (Å²) < 4.78 is 0. The van der Waals surface area contributed by atoms with Crippen molar-refractivity contribution in [2.24, 2.45) is 0 Å². The molecule has 0 aromatic heterocycles. The van der Waals surface area contributed by atoms with E-state index in [1.165, 1.54) is 6.92 Å². The van der Waals surface area contributed by atoms with E-state index < -0.39 is 0 Å². The molecule has 1 aromatic carbocycles. The molecule has 0 saturated carbocycles. The van der Waals surface area contributed by atoms with Crippen LogP contribution >= 0.6 is 23.2 Å². The summed E-state index contributed by atoms with van der Waals surface area (Å²) in [5.41, 5.74) is 0.887. The minimum atomic E-state index is -0.0832. The van der Waals surface area contributed by atoms with Crippen LogP contribution in [0.1, 0.15) is 12.5 Å². The number of nitrogens with zero attached hydrogens (tertiary/aromatic N) is 1. The minimum absolute atomic E-state index is 0.0547. The van der Waals surface area contributed by atoms with Crippen LogP contribution in [-0.4, -0.2) is 29.1 Å². The highest BCUT2D eigenvalue weighted by molar-refractivity contribution is 6.42. The van der Waals surface area contributed by atoms with Crippen molar-refractivity contribution in [1.29, 1.82) is 0 Å². The number of halogens is 2. The molecular weight excluding hydrogens is 249 g/mol. The Hall–Kier alpha value is -0.770. The molecule has 0 aliphatic carbocycles. The molecule has 88 valence electrons. The fraction of sp³-hybridized carbons (Fsp3) is 0.364. The third-order valence-electron chi connectivity index (χ3n) is 2.17. The summed E-state index contributed by atoms with van der Waals surface area (Å²) in [6.45, 7) is 2.15. The number of aliphatic hydroxyl groups is 1. The van der Waals surface area contributed by atoms with Crippen molar-refractivity contribution in [2.75, 3.05) is 13.2 Å². The molecular formula is C11H13Cl2NO2. The predicted molar refractivity (Wildman–Crippen MR) is 64.6 cm³/mol. The zero-order valence-corrected chi connectivity index (χ0v) is 10.4. The summed E-state index contributed by atoms with van der Waals surface area (Å²) in [7, 11) is 0. The zero-order chi connectivity index (χ0) is 12.1. The second-order valence-corrected chi connectivity index (χ2v) is 4.23. The molecule has 0 aliphatic heterocycles. The second kappa shape index (κ2) is 6.09. The van der Waals surface area contributed by atoms with Gasteiger partial charge in [0.15, 0.2) is 0 Å². The fourth-order valence-corrected chi connectivity index (χ4v) is 1.65. The van der Waals surface area contributed by atoms with Crippen molar-refractivity contribution in [3.8, 4) is 0 Å². The van der Waals surface area contributed by atoms with Crippen LogP contribution in [0.2, 0.25) is 10.0 Å². The van der Waals surface area contributed by atoms with E-state index in [0.29, 0.717) is 23.1 Å². The Balaban J connectivity index is 2.77. The van der Waals surface area contributed by atoms with Gasteiger partial charge in [-0.2, -0.15) is 0 Å². The van der Waals surface area contributed by atoms with E-state index in [1.54, 1.807) is 17.0 Å². The van der Waals surface area contributed by atoms with Gasteiger partial charge in [-0.05, 0) is 17.7 Å². The van der Waals surface area contributed by atoms with Crippen LogP contribution in [0.5, 0.6) is 0 Å². The van der Waals surface area contributed by atoms with Crippen molar-refractivity contribution in [2.45, 2.75) is 13.5 Å². The standard InChI is InChI=1S/C11H13Cl2NO2/c1-8(16)14(4-5-15)7-9-2-3-10(12)11(13)6-9/h2-3,6,15H,4-5,7H2,1H3. The molecule has 0 heterocycles. The van der Waals surface area contributed by atoms with E-state index in [-0.39, 0.29) is 12.5 Å². The molecule has 0 atom stereocenters. The van der Waals surface area contributed by atoms with Crippen molar-refractivity contribution in [1.82, 2.24) is 4.90 Å². The second-order valence-electron chi connectivity index (χ2n) is 3.41. The summed E-state index contributed by atoms with van der Waals surface area (Å²) in [6.07, 6.45) is 0. The summed E-state index contributed by atoms with van der Waals surface area (Å²) in [4.78, 5) is 12.8. The third kappa shape index (κ3) is 3.67. The SMILES string of the molecule is CC(=O)N(CCO)Cc1ccc(Cl)c(Cl)c1. The highest BCUT2D eigenvalue weighted by atomic mass is 35.5. The van der Waals surface area contributed by atoms with E-state index in [2.05, 4.69) is 0 Å². The van der Waals surface area contributed by atoms with Crippen LogP contribution in [0.25, 0.3) is 0 Å². The van der Waals surface area contributed by atoms with Crippen LogP contribution < -0.4 is 0 Å². The van der Waals surface area contributed by atoms with Crippen LogP contribution in [0.4, 0.5) is 0 Å². The Morgan fingerprint density at radius 3 is 2.56 bits per heavy atom. The number of rotatable bonds is 4. The maximum Gasteiger partial charge on any atom is 0.219 e. The van der Waals surface area contributed by atoms with Crippen molar-refractivity contribution in [3.05, 3.63) is 33.8 Å². The monoisotopic (exact) mass is 261 g/mol. The Labute approximate surface area is 105 Å². The first-order chi connectivity index (χ1) is 7.54. The van der Waals surface area contributed by atoms with Crippen molar-refractivity contribution in [3.63, 3.8) is 0 Å². The van der Waals surface area contributed by atoms with Gasteiger partial charge in [0.1, 0.15) is 0 Å². The Kier molecular flexibility index (Phi) is 5.06. The van der Waals surface area contributed by atoms with Crippen LogP contribution in [0.15, 0.2) is 18.2 Å². The van der Waals surface area contributed by atoms with E-state index in [4.69, 9.17) is 28.3 Å². The summed E-state index contributed by atoms with van der Waals surface area (Å²) in [6, 6.07) is 5.22. The first-order valence-corrected chi connectivity index (χ1v) is 5.60. The molecule has 0 aliphatic rings. The number of carbonyl (C=O) groups is 1. The molecule has 1 amide bonds. The van der Waals surface area contributed by atoms with Gasteiger partial charge in [-0.25, -0.2) is 0 Å². The van der Waals surface area contributed by atoms with Gasteiger partial charge in [-0.15, -0.1) is 0 Å². The van der Waals surface area contributed by atoms with Gasteiger partial charge < -0.3 is 10.0 Å². The number of carbonyl (C=O) groups excluding carboxylic acids is 1. The van der Waals surface area contributed by atoms with Gasteiger partial charge in [-0.3, -0.25) is 4.79 Å². The normalized spacial score (nSPS) is 10.2. The van der Waals surface area contributed by atoms with E-state index in [0.717, 1.165) is 5.56 Å². The van der Waals surface area contributed by atoms with Gasteiger partial charge in [0.2, 0.25) is 5.91 Å². The van der Waals surface area contributed by atoms with Crippen LogP contribution in [-0.2, 0) is 11.3 Å². The average molecular weight is 262 g/mol. The average Bonchev–Trinajstić information content (AvgIpc) is 2.22. The Morgan fingerprint density at radius 1 is 1.38 bits per heavy atom. The predicted octanol–water partition coefficient (Wildman–Crippen LogP) is 2.33. The maximum atomic E-state index is 11.2. The number of aliphatic hydroxyl groups excluding tert-OH is 1. The van der Waals surface area contributed by atoms with E-state index >= 15 is 0 Å². The number of benzene rings is 1. The molecule has 0 spiro atoms. The Bertz CT molecular complexity index is 382. The van der Waals surface area contributed by atoms with Crippen LogP contribution in [0, 0.1) is 0 Å². The molecule has 1 aromatic rings. The first-order valence-electron chi connectivity index (χ1n) is 4.85. The lowest BCUT2D eigenvalue weighted by Gasteiger charge is -2.20. The summed E-state index contributed by atoms with van der Waals surface area (Å²) in [5, 5.41) is 9.77. The lowest BCUT2D eigenvalue weighted by atomic mass is 10.2. The van der Waals surface area contributed by atoms with Gasteiger partial charge in [0.05, 0.1) is 16.7 Å². The topological polar surface area (TPSA) is 40.5 Å². The van der Waals surface area contributed by atoms with Gasteiger partial charge in [0, 0.05) is 20.0 Å². The van der Waals surface area contributed by atoms with Gasteiger partial charge in [0.25, 0.3) is 0 Å². The molecule has 0 fully saturated rings. The molecule has 0 unspecified atom stereocenters. The summed E-state index contributed by atoms with van der Waals surface area (Å²) >= 11 is 11.7. The van der Waals surface area contributed by atoms with Crippen LogP contribution in [0.3, 0.4) is 0 Å². The molecule has 5 heteroatoms. The largest absolute Gasteiger partial charge is 0.395 e. The maximum absolute atomic E-state index is 11.2. The van der Waals surface area contributed by atoms with Gasteiger partial charge >= 0.3 is 0 Å². The van der Waals surface area contributed by atoms with Crippen molar-refractivity contribution >= 4 is 29.1 Å². The zero-order valence-electron chi connectivity index (χ0n) is 8.91. The van der Waals surface area contributed by atoms with E-state index in [1.807, 2.05) is 6.07 Å².